The van der Waals surface area contributed by atoms with Crippen LogP contribution in [0, 0.1) is 0 Å². The molecule has 0 radical (unpaired) electrons. The zero-order valence-corrected chi connectivity index (χ0v) is 24.0. The van der Waals surface area contributed by atoms with Crippen LogP contribution in [0.3, 0.4) is 0 Å². The van der Waals surface area contributed by atoms with E-state index in [2.05, 4.69) is 145 Å². The number of hydrogen-bond acceptors (Lipinski definition) is 3. The molecule has 4 heteroatoms. The van der Waals surface area contributed by atoms with E-state index in [1.807, 2.05) is 11.3 Å². The molecule has 6 aromatic carbocycles. The lowest BCUT2D eigenvalue weighted by Crippen LogP contribution is -1.93. The van der Waals surface area contributed by atoms with Crippen LogP contribution in [0.4, 0.5) is 0 Å². The Hall–Kier alpha value is -4.83. The molecule has 0 amide bonds. The first-order valence-corrected chi connectivity index (χ1v) is 15.1. The zero-order valence-electron chi connectivity index (χ0n) is 22.5. The number of thiophene rings is 1. The summed E-state index contributed by atoms with van der Waals surface area (Å²) in [5, 5.41) is 5.10. The Balaban J connectivity index is 1.31. The van der Waals surface area contributed by atoms with Gasteiger partial charge in [-0.2, -0.15) is 0 Å². The first-order chi connectivity index (χ1) is 20.7. The van der Waals surface area contributed by atoms with E-state index in [0.717, 1.165) is 28.1 Å². The van der Waals surface area contributed by atoms with Crippen LogP contribution >= 0.6 is 22.9 Å². The molecule has 0 aliphatic rings. The maximum atomic E-state index is 6.64. The Bertz CT molecular complexity index is 2260. The number of rotatable bonds is 4. The summed E-state index contributed by atoms with van der Waals surface area (Å²) < 4.78 is 2.49. The van der Waals surface area contributed by atoms with Crippen LogP contribution in [0.25, 0.3) is 75.7 Å². The van der Waals surface area contributed by atoms with Crippen LogP contribution in [-0.2, 0) is 0 Å². The van der Waals surface area contributed by atoms with E-state index in [0.29, 0.717) is 0 Å². The van der Waals surface area contributed by atoms with Gasteiger partial charge in [-0.1, -0.05) is 121 Å². The van der Waals surface area contributed by atoms with Gasteiger partial charge in [0.2, 0.25) is 5.28 Å². The standard InChI is InChI=1S/C38H23ClN2S/c39-38-40-33(27-15-8-14-26(22-27)29-18-9-13-24-12-4-5-16-28(24)29)23-34(41-38)31-21-20-30(25-10-2-1-3-11-25)37-36(31)32-17-6-7-19-35(32)42-37/h1-23H. The Kier molecular flexibility index (Phi) is 6.06. The Morgan fingerprint density at radius 1 is 0.476 bits per heavy atom. The highest BCUT2D eigenvalue weighted by molar-refractivity contribution is 7.26. The van der Waals surface area contributed by atoms with Crippen molar-refractivity contribution in [2.24, 2.45) is 0 Å². The van der Waals surface area contributed by atoms with Crippen molar-refractivity contribution < 1.29 is 0 Å². The summed E-state index contributed by atoms with van der Waals surface area (Å²) in [6, 6.07) is 49.0. The first kappa shape index (κ1) is 24.9. The molecule has 2 nitrogen and oxygen atoms in total. The van der Waals surface area contributed by atoms with Crippen LogP contribution in [0.1, 0.15) is 0 Å². The molecule has 0 saturated carbocycles. The third kappa shape index (κ3) is 4.26. The van der Waals surface area contributed by atoms with E-state index in [4.69, 9.17) is 16.6 Å². The summed E-state index contributed by atoms with van der Waals surface area (Å²) in [5.74, 6) is 0. The molecule has 0 spiro atoms. The molecule has 42 heavy (non-hydrogen) atoms. The average Bonchev–Trinajstić information content (AvgIpc) is 3.44. The topological polar surface area (TPSA) is 25.8 Å². The van der Waals surface area contributed by atoms with Gasteiger partial charge in [0.25, 0.3) is 0 Å². The van der Waals surface area contributed by atoms with Gasteiger partial charge in [0.15, 0.2) is 0 Å². The fraction of sp³-hybridized carbons (Fsp3) is 0. The van der Waals surface area contributed by atoms with E-state index in [-0.39, 0.29) is 5.28 Å². The van der Waals surface area contributed by atoms with E-state index < -0.39 is 0 Å². The van der Waals surface area contributed by atoms with Crippen molar-refractivity contribution in [1.82, 2.24) is 9.97 Å². The molecule has 0 aliphatic heterocycles. The quantitative estimate of drug-likeness (QED) is 0.195. The molecule has 198 valence electrons. The Labute approximate surface area is 252 Å². The van der Waals surface area contributed by atoms with Crippen molar-refractivity contribution in [3.63, 3.8) is 0 Å². The molecule has 0 unspecified atom stereocenters. The highest BCUT2D eigenvalue weighted by Gasteiger charge is 2.18. The third-order valence-corrected chi connectivity index (χ3v) is 9.22. The highest BCUT2D eigenvalue weighted by atomic mass is 35.5. The number of benzene rings is 6. The Morgan fingerprint density at radius 3 is 2.05 bits per heavy atom. The smallest absolute Gasteiger partial charge is 0.218 e. The molecule has 2 aromatic heterocycles. The van der Waals surface area contributed by atoms with E-state index in [1.54, 1.807) is 0 Å². The highest BCUT2D eigenvalue weighted by Crippen LogP contribution is 2.45. The number of fused-ring (bicyclic) bond motifs is 4. The van der Waals surface area contributed by atoms with Crippen molar-refractivity contribution in [3.8, 4) is 44.8 Å². The second-order valence-electron chi connectivity index (χ2n) is 10.3. The normalized spacial score (nSPS) is 11.5. The van der Waals surface area contributed by atoms with Crippen LogP contribution in [0.5, 0.6) is 0 Å². The molecule has 0 saturated heterocycles. The number of hydrogen-bond donors (Lipinski definition) is 0. The minimum atomic E-state index is 0.234. The third-order valence-electron chi connectivity index (χ3n) is 7.84. The van der Waals surface area contributed by atoms with Crippen LogP contribution in [0.15, 0.2) is 140 Å². The zero-order chi connectivity index (χ0) is 28.0. The summed E-state index contributed by atoms with van der Waals surface area (Å²) in [4.78, 5) is 9.43. The number of aromatic nitrogens is 2. The maximum absolute atomic E-state index is 6.64. The summed E-state index contributed by atoms with van der Waals surface area (Å²) in [7, 11) is 0. The lowest BCUT2D eigenvalue weighted by Gasteiger charge is -2.12. The van der Waals surface area contributed by atoms with Crippen LogP contribution in [-0.4, -0.2) is 9.97 Å². The van der Waals surface area contributed by atoms with E-state index >= 15 is 0 Å². The molecule has 0 atom stereocenters. The van der Waals surface area contributed by atoms with E-state index in [9.17, 15) is 0 Å². The van der Waals surface area contributed by atoms with Gasteiger partial charge in [0.1, 0.15) is 0 Å². The molecule has 0 fully saturated rings. The van der Waals surface area contributed by atoms with Crippen LogP contribution < -0.4 is 0 Å². The van der Waals surface area contributed by atoms with Crippen molar-refractivity contribution >= 4 is 53.9 Å². The summed E-state index contributed by atoms with van der Waals surface area (Å²) in [5.41, 5.74) is 8.42. The SMILES string of the molecule is Clc1nc(-c2cccc(-c3cccc4ccccc34)c2)cc(-c2ccc(-c3ccccc3)c3sc4ccccc4c23)n1. The van der Waals surface area contributed by atoms with Crippen molar-refractivity contribution in [2.75, 3.05) is 0 Å². The van der Waals surface area contributed by atoms with Gasteiger partial charge >= 0.3 is 0 Å². The number of nitrogens with zero attached hydrogens (tertiary/aromatic N) is 2. The lowest BCUT2D eigenvalue weighted by atomic mass is 9.95. The molecular weight excluding hydrogens is 552 g/mol. The monoisotopic (exact) mass is 574 g/mol. The lowest BCUT2D eigenvalue weighted by molar-refractivity contribution is 1.18. The minimum absolute atomic E-state index is 0.234. The van der Waals surface area contributed by atoms with E-state index in [1.165, 1.54) is 47.6 Å². The fourth-order valence-electron chi connectivity index (χ4n) is 5.91. The van der Waals surface area contributed by atoms with Crippen molar-refractivity contribution in [3.05, 3.63) is 145 Å². The van der Waals surface area contributed by atoms with Gasteiger partial charge in [-0.05, 0) is 62.8 Å². The molecule has 0 N–H and O–H groups in total. The average molecular weight is 575 g/mol. The number of halogens is 1. The molecule has 8 aromatic rings. The Morgan fingerprint density at radius 2 is 1.14 bits per heavy atom. The second-order valence-corrected chi connectivity index (χ2v) is 11.7. The molecule has 0 bridgehead atoms. The van der Waals surface area contributed by atoms with Gasteiger partial charge < -0.3 is 0 Å². The predicted molar refractivity (Wildman–Crippen MR) is 179 cm³/mol. The predicted octanol–water partition coefficient (Wildman–Crippen LogP) is 11.3. The van der Waals surface area contributed by atoms with Gasteiger partial charge in [0, 0.05) is 31.3 Å². The second kappa shape index (κ2) is 10.2. The molecule has 2 heterocycles. The van der Waals surface area contributed by atoms with Gasteiger partial charge in [-0.15, -0.1) is 11.3 Å². The largest absolute Gasteiger partial charge is 0.223 e. The molecule has 8 rings (SSSR count). The first-order valence-electron chi connectivity index (χ1n) is 13.9. The van der Waals surface area contributed by atoms with Crippen molar-refractivity contribution in [1.29, 1.82) is 0 Å². The van der Waals surface area contributed by atoms with Gasteiger partial charge in [-0.25, -0.2) is 9.97 Å². The fourth-order valence-corrected chi connectivity index (χ4v) is 7.36. The van der Waals surface area contributed by atoms with Gasteiger partial charge in [-0.3, -0.25) is 0 Å². The van der Waals surface area contributed by atoms with Crippen molar-refractivity contribution in [2.45, 2.75) is 0 Å². The summed E-state index contributed by atoms with van der Waals surface area (Å²) in [6.45, 7) is 0. The maximum Gasteiger partial charge on any atom is 0.223 e. The molecule has 0 aliphatic carbocycles. The summed E-state index contributed by atoms with van der Waals surface area (Å²) in [6.07, 6.45) is 0. The summed E-state index contributed by atoms with van der Waals surface area (Å²) >= 11 is 8.46. The molecular formula is C38H23ClN2S. The minimum Gasteiger partial charge on any atom is -0.218 e. The van der Waals surface area contributed by atoms with Gasteiger partial charge in [0.05, 0.1) is 11.4 Å². The van der Waals surface area contributed by atoms with Crippen LogP contribution in [0.2, 0.25) is 5.28 Å².